The maximum atomic E-state index is 11.7. The summed E-state index contributed by atoms with van der Waals surface area (Å²) in [5.74, 6) is 0.381. The third kappa shape index (κ3) is 5.83. The van der Waals surface area contributed by atoms with Crippen molar-refractivity contribution in [1.29, 1.82) is 0 Å². The molecule has 1 aromatic heterocycles. The topological polar surface area (TPSA) is 68.3 Å². The van der Waals surface area contributed by atoms with Crippen LogP contribution in [-0.2, 0) is 20.9 Å². The zero-order valence-corrected chi connectivity index (χ0v) is 13.2. The fourth-order valence-corrected chi connectivity index (χ4v) is 3.35. The van der Waals surface area contributed by atoms with Gasteiger partial charge in [-0.25, -0.2) is 4.98 Å². The number of carbonyl (C=O) groups is 2. The lowest BCUT2D eigenvalue weighted by Crippen LogP contribution is -2.11. The molecule has 2 rings (SSSR count). The molecule has 1 aromatic rings. The van der Waals surface area contributed by atoms with Crippen molar-refractivity contribution >= 4 is 28.3 Å². The summed E-state index contributed by atoms with van der Waals surface area (Å²) in [5, 5.41) is 4.94. The lowest BCUT2D eigenvalue weighted by atomic mass is 9.86. The Morgan fingerprint density at radius 3 is 2.86 bits per heavy atom. The van der Waals surface area contributed by atoms with E-state index >= 15 is 0 Å². The quantitative estimate of drug-likeness (QED) is 0.816. The Bertz CT molecular complexity index is 481. The third-order valence-electron chi connectivity index (χ3n) is 3.70. The van der Waals surface area contributed by atoms with Crippen LogP contribution in [0.4, 0.5) is 5.13 Å². The van der Waals surface area contributed by atoms with Gasteiger partial charge in [0, 0.05) is 18.7 Å². The van der Waals surface area contributed by atoms with Crippen molar-refractivity contribution in [1.82, 2.24) is 4.98 Å². The smallest absolute Gasteiger partial charge is 0.306 e. The highest BCUT2D eigenvalue weighted by Crippen LogP contribution is 2.27. The lowest BCUT2D eigenvalue weighted by Gasteiger charge is -2.20. The second kappa shape index (κ2) is 8.12. The standard InChI is InChI=1S/C15H22N2O3S/c1-11(18)16-15-17-13(10-21-15)9-20-14(19)8-7-12-5-3-2-4-6-12/h10,12H,2-9H2,1H3,(H,16,17,18). The molecule has 0 bridgehead atoms. The second-order valence-corrected chi connectivity index (χ2v) is 6.39. The minimum atomic E-state index is -0.158. The minimum absolute atomic E-state index is 0.152. The lowest BCUT2D eigenvalue weighted by molar-refractivity contribution is -0.145. The fourth-order valence-electron chi connectivity index (χ4n) is 2.61. The highest BCUT2D eigenvalue weighted by molar-refractivity contribution is 7.13. The SMILES string of the molecule is CC(=O)Nc1nc(COC(=O)CCC2CCCCC2)cs1. The number of hydrogen-bond donors (Lipinski definition) is 1. The zero-order valence-electron chi connectivity index (χ0n) is 12.4. The Morgan fingerprint density at radius 2 is 2.14 bits per heavy atom. The van der Waals surface area contributed by atoms with Crippen LogP contribution in [0.25, 0.3) is 0 Å². The first kappa shape index (κ1) is 15.9. The van der Waals surface area contributed by atoms with Crippen LogP contribution in [0, 0.1) is 5.92 Å². The number of ether oxygens (including phenoxy) is 1. The van der Waals surface area contributed by atoms with Crippen molar-refractivity contribution in [2.24, 2.45) is 5.92 Å². The third-order valence-corrected chi connectivity index (χ3v) is 4.50. The first-order chi connectivity index (χ1) is 10.1. The van der Waals surface area contributed by atoms with Crippen LogP contribution in [0.1, 0.15) is 57.6 Å². The Morgan fingerprint density at radius 1 is 1.38 bits per heavy atom. The number of nitrogens with one attached hydrogen (secondary N) is 1. The highest BCUT2D eigenvalue weighted by atomic mass is 32.1. The van der Waals surface area contributed by atoms with Gasteiger partial charge in [-0.3, -0.25) is 9.59 Å². The Kier molecular flexibility index (Phi) is 6.17. The monoisotopic (exact) mass is 310 g/mol. The molecule has 1 amide bonds. The maximum absolute atomic E-state index is 11.7. The van der Waals surface area contributed by atoms with E-state index < -0.39 is 0 Å². The predicted molar refractivity (Wildman–Crippen MR) is 82.0 cm³/mol. The number of rotatable bonds is 6. The summed E-state index contributed by atoms with van der Waals surface area (Å²) in [7, 11) is 0. The molecule has 21 heavy (non-hydrogen) atoms. The molecule has 0 unspecified atom stereocenters. The number of hydrogen-bond acceptors (Lipinski definition) is 5. The summed E-state index contributed by atoms with van der Waals surface area (Å²) in [6, 6.07) is 0. The molecule has 116 valence electrons. The predicted octanol–water partition coefficient (Wildman–Crippen LogP) is 3.51. The normalized spacial score (nSPS) is 15.7. The van der Waals surface area contributed by atoms with Gasteiger partial charge >= 0.3 is 5.97 Å². The van der Waals surface area contributed by atoms with Crippen molar-refractivity contribution in [3.63, 3.8) is 0 Å². The van der Waals surface area contributed by atoms with Crippen molar-refractivity contribution in [2.45, 2.75) is 58.5 Å². The highest BCUT2D eigenvalue weighted by Gasteiger charge is 2.15. The van der Waals surface area contributed by atoms with Gasteiger partial charge in [-0.1, -0.05) is 32.1 Å². The van der Waals surface area contributed by atoms with Crippen LogP contribution in [-0.4, -0.2) is 16.9 Å². The van der Waals surface area contributed by atoms with Crippen molar-refractivity contribution in [3.8, 4) is 0 Å². The van der Waals surface area contributed by atoms with Crippen molar-refractivity contribution in [2.75, 3.05) is 5.32 Å². The summed E-state index contributed by atoms with van der Waals surface area (Å²) < 4.78 is 5.23. The van der Waals surface area contributed by atoms with E-state index in [9.17, 15) is 9.59 Å². The number of nitrogens with zero attached hydrogens (tertiary/aromatic N) is 1. The molecule has 1 N–H and O–H groups in total. The fraction of sp³-hybridized carbons (Fsp3) is 0.667. The number of anilines is 1. The van der Waals surface area contributed by atoms with Crippen LogP contribution < -0.4 is 5.32 Å². The first-order valence-corrected chi connectivity index (χ1v) is 8.39. The van der Waals surface area contributed by atoms with E-state index in [0.29, 0.717) is 23.2 Å². The molecule has 6 heteroatoms. The molecule has 1 fully saturated rings. The molecule has 0 aromatic carbocycles. The Hall–Kier alpha value is -1.43. The van der Waals surface area contributed by atoms with Crippen LogP contribution in [0.3, 0.4) is 0 Å². The van der Waals surface area contributed by atoms with Crippen LogP contribution >= 0.6 is 11.3 Å². The van der Waals surface area contributed by atoms with E-state index in [1.807, 2.05) is 0 Å². The summed E-state index contributed by atoms with van der Waals surface area (Å²) in [6.07, 6.45) is 7.86. The number of thiazole rings is 1. The average Bonchev–Trinajstić information content (AvgIpc) is 2.91. The Labute approximate surface area is 129 Å². The molecular formula is C15H22N2O3S. The first-order valence-electron chi connectivity index (χ1n) is 7.51. The van der Waals surface area contributed by atoms with E-state index in [1.165, 1.54) is 50.4 Å². The molecule has 0 aliphatic heterocycles. The molecular weight excluding hydrogens is 288 g/mol. The largest absolute Gasteiger partial charge is 0.459 e. The van der Waals surface area contributed by atoms with Gasteiger partial charge in [-0.05, 0) is 12.3 Å². The van der Waals surface area contributed by atoms with Gasteiger partial charge in [0.2, 0.25) is 5.91 Å². The number of aromatic nitrogens is 1. The van der Waals surface area contributed by atoms with E-state index in [4.69, 9.17) is 4.74 Å². The molecule has 0 radical (unpaired) electrons. The van der Waals surface area contributed by atoms with Gasteiger partial charge in [0.1, 0.15) is 6.61 Å². The van der Waals surface area contributed by atoms with Crippen molar-refractivity contribution in [3.05, 3.63) is 11.1 Å². The van der Waals surface area contributed by atoms with Gasteiger partial charge < -0.3 is 10.1 Å². The van der Waals surface area contributed by atoms with Gasteiger partial charge in [0.15, 0.2) is 5.13 Å². The minimum Gasteiger partial charge on any atom is -0.459 e. The molecule has 1 saturated carbocycles. The molecule has 1 aliphatic rings. The van der Waals surface area contributed by atoms with E-state index in [2.05, 4.69) is 10.3 Å². The number of esters is 1. The molecule has 1 heterocycles. The Balaban J connectivity index is 1.66. The summed E-state index contributed by atoms with van der Waals surface area (Å²) in [4.78, 5) is 26.8. The van der Waals surface area contributed by atoms with E-state index in [-0.39, 0.29) is 18.5 Å². The van der Waals surface area contributed by atoms with Crippen LogP contribution in [0.5, 0.6) is 0 Å². The van der Waals surface area contributed by atoms with E-state index in [0.717, 1.165) is 6.42 Å². The molecule has 5 nitrogen and oxygen atoms in total. The average molecular weight is 310 g/mol. The summed E-state index contributed by atoms with van der Waals surface area (Å²) in [6.45, 7) is 1.62. The summed E-state index contributed by atoms with van der Waals surface area (Å²) >= 11 is 1.33. The molecule has 0 spiro atoms. The van der Waals surface area contributed by atoms with Crippen molar-refractivity contribution < 1.29 is 14.3 Å². The van der Waals surface area contributed by atoms with E-state index in [1.54, 1.807) is 5.38 Å². The molecule has 0 saturated heterocycles. The zero-order chi connectivity index (χ0) is 15.1. The number of carbonyl (C=O) groups excluding carboxylic acids is 2. The second-order valence-electron chi connectivity index (χ2n) is 5.53. The molecule has 1 aliphatic carbocycles. The van der Waals surface area contributed by atoms with Gasteiger partial charge in [0.05, 0.1) is 5.69 Å². The van der Waals surface area contributed by atoms with Gasteiger partial charge in [0.25, 0.3) is 0 Å². The van der Waals surface area contributed by atoms with Gasteiger partial charge in [-0.15, -0.1) is 11.3 Å². The van der Waals surface area contributed by atoms with Crippen LogP contribution in [0.15, 0.2) is 5.38 Å². The maximum Gasteiger partial charge on any atom is 0.306 e. The summed E-state index contributed by atoms with van der Waals surface area (Å²) in [5.41, 5.74) is 0.676. The number of amides is 1. The molecule has 0 atom stereocenters. The van der Waals surface area contributed by atoms with Crippen LogP contribution in [0.2, 0.25) is 0 Å². The van der Waals surface area contributed by atoms with Gasteiger partial charge in [-0.2, -0.15) is 0 Å².